The molecular weight excluding hydrogens is 508 g/mol. The summed E-state index contributed by atoms with van der Waals surface area (Å²) >= 11 is 0. The summed E-state index contributed by atoms with van der Waals surface area (Å²) in [4.78, 5) is 64.2. The zero-order chi connectivity index (χ0) is 28.9. The van der Waals surface area contributed by atoms with E-state index in [4.69, 9.17) is 0 Å². The van der Waals surface area contributed by atoms with Crippen LogP contribution in [-0.2, 0) is 14.4 Å². The molecule has 3 aliphatic rings. The molecule has 0 radical (unpaired) electrons. The van der Waals surface area contributed by atoms with Crippen LogP contribution in [0.5, 0.6) is 0 Å². The first-order valence-corrected chi connectivity index (χ1v) is 15.1. The lowest BCUT2D eigenvalue weighted by molar-refractivity contribution is -0.145. The molecule has 3 N–H and O–H groups in total. The number of likely N-dealkylation sites (tertiary alicyclic amines) is 1. The maximum atomic E-state index is 14.2. The van der Waals surface area contributed by atoms with E-state index in [9.17, 15) is 19.2 Å². The summed E-state index contributed by atoms with van der Waals surface area (Å²) in [5.41, 5.74) is -0.468. The van der Waals surface area contributed by atoms with Crippen LogP contribution >= 0.6 is 0 Å². The summed E-state index contributed by atoms with van der Waals surface area (Å²) in [5.74, 6) is -0.739. The summed E-state index contributed by atoms with van der Waals surface area (Å²) in [6.45, 7) is 8.88. The molecule has 0 aromatic carbocycles. The Morgan fingerprint density at radius 3 is 2.40 bits per heavy atom. The molecule has 10 heteroatoms. The number of rotatable bonds is 9. The molecule has 1 saturated heterocycles. The van der Waals surface area contributed by atoms with Gasteiger partial charge in [-0.15, -0.1) is 0 Å². The predicted molar refractivity (Wildman–Crippen MR) is 151 cm³/mol. The van der Waals surface area contributed by atoms with Crippen LogP contribution < -0.4 is 16.0 Å². The van der Waals surface area contributed by atoms with Crippen molar-refractivity contribution in [2.75, 3.05) is 13.1 Å². The van der Waals surface area contributed by atoms with Gasteiger partial charge in [-0.2, -0.15) is 0 Å². The average Bonchev–Trinajstić information content (AvgIpc) is 3.55. The Labute approximate surface area is 237 Å². The second-order valence-electron chi connectivity index (χ2n) is 12.8. The van der Waals surface area contributed by atoms with Gasteiger partial charge in [-0.25, -0.2) is 4.98 Å². The Balaban J connectivity index is 1.56. The van der Waals surface area contributed by atoms with E-state index in [0.717, 1.165) is 57.8 Å². The second-order valence-corrected chi connectivity index (χ2v) is 12.8. The summed E-state index contributed by atoms with van der Waals surface area (Å²) in [5, 5.41) is 8.96. The minimum Gasteiger partial charge on any atom is -0.354 e. The molecule has 4 rings (SSSR count). The quantitative estimate of drug-likeness (QED) is 0.430. The van der Waals surface area contributed by atoms with Crippen molar-refractivity contribution in [2.45, 2.75) is 104 Å². The highest BCUT2D eigenvalue weighted by molar-refractivity contribution is 5.98. The number of hydrogen-bond donors (Lipinski definition) is 3. The van der Waals surface area contributed by atoms with E-state index in [1.165, 1.54) is 18.6 Å². The minimum absolute atomic E-state index is 0.0381. The van der Waals surface area contributed by atoms with E-state index in [-0.39, 0.29) is 35.3 Å². The average molecular weight is 555 g/mol. The molecule has 40 heavy (non-hydrogen) atoms. The molecule has 220 valence electrons. The zero-order valence-electron chi connectivity index (χ0n) is 24.4. The van der Waals surface area contributed by atoms with Gasteiger partial charge in [0.05, 0.1) is 6.20 Å². The third-order valence-corrected chi connectivity index (χ3v) is 8.88. The van der Waals surface area contributed by atoms with Crippen LogP contribution in [0.3, 0.4) is 0 Å². The number of nitrogens with zero attached hydrogens (tertiary/aromatic N) is 3. The van der Waals surface area contributed by atoms with Crippen molar-refractivity contribution in [1.29, 1.82) is 0 Å². The largest absolute Gasteiger partial charge is 0.354 e. The fourth-order valence-corrected chi connectivity index (χ4v) is 6.76. The predicted octanol–water partition coefficient (Wildman–Crippen LogP) is 2.84. The lowest BCUT2D eigenvalue weighted by atomic mass is 9.82. The van der Waals surface area contributed by atoms with Crippen molar-refractivity contribution < 1.29 is 19.2 Å². The molecule has 2 heterocycles. The summed E-state index contributed by atoms with van der Waals surface area (Å²) in [6.07, 6.45) is 12.9. The normalized spacial score (nSPS) is 24.6. The SMILES string of the molecule is CCCNC(=O)[C@@H]1[C@H]2CCC[C@H]2CN1C(=O)[C@@H](NC(=O)[C@@H](NC(=O)c1cnccn1)C1CCCCC1)C(C)(C)C. The van der Waals surface area contributed by atoms with Gasteiger partial charge in [0.1, 0.15) is 23.8 Å². The minimum atomic E-state index is -0.847. The Hall–Kier alpha value is -3.04. The highest BCUT2D eigenvalue weighted by atomic mass is 16.2. The van der Waals surface area contributed by atoms with Crippen molar-refractivity contribution in [2.24, 2.45) is 23.2 Å². The number of carbonyl (C=O) groups is 4. The molecule has 0 unspecified atom stereocenters. The Bertz CT molecular complexity index is 1050. The van der Waals surface area contributed by atoms with Crippen LogP contribution in [0.15, 0.2) is 18.6 Å². The molecule has 10 nitrogen and oxygen atoms in total. The van der Waals surface area contributed by atoms with Crippen LogP contribution in [0.25, 0.3) is 0 Å². The molecule has 0 bridgehead atoms. The van der Waals surface area contributed by atoms with Crippen LogP contribution in [0.2, 0.25) is 0 Å². The fourth-order valence-electron chi connectivity index (χ4n) is 6.76. The molecule has 4 amide bonds. The molecule has 2 aliphatic carbocycles. The first-order valence-electron chi connectivity index (χ1n) is 15.1. The number of aromatic nitrogens is 2. The van der Waals surface area contributed by atoms with Crippen molar-refractivity contribution >= 4 is 23.6 Å². The molecule has 1 aromatic heterocycles. The van der Waals surface area contributed by atoms with Gasteiger partial charge in [0.15, 0.2) is 0 Å². The third-order valence-electron chi connectivity index (χ3n) is 8.88. The van der Waals surface area contributed by atoms with Gasteiger partial charge in [0.25, 0.3) is 5.91 Å². The molecule has 1 aliphatic heterocycles. The maximum Gasteiger partial charge on any atom is 0.272 e. The summed E-state index contributed by atoms with van der Waals surface area (Å²) in [7, 11) is 0. The third kappa shape index (κ3) is 6.81. The lowest BCUT2D eigenvalue weighted by Crippen LogP contribution is -2.61. The molecule has 0 spiro atoms. The topological polar surface area (TPSA) is 133 Å². The molecule has 2 saturated carbocycles. The number of nitrogens with one attached hydrogen (secondary N) is 3. The van der Waals surface area contributed by atoms with Crippen LogP contribution in [0.1, 0.15) is 96.0 Å². The number of fused-ring (bicyclic) bond motifs is 1. The van der Waals surface area contributed by atoms with E-state index < -0.39 is 29.4 Å². The van der Waals surface area contributed by atoms with Gasteiger partial charge in [-0.3, -0.25) is 24.2 Å². The number of carbonyl (C=O) groups excluding carboxylic acids is 4. The van der Waals surface area contributed by atoms with Crippen LogP contribution in [0.4, 0.5) is 0 Å². The lowest BCUT2D eigenvalue weighted by Gasteiger charge is -2.38. The highest BCUT2D eigenvalue weighted by Crippen LogP contribution is 2.43. The second kappa shape index (κ2) is 13.1. The molecular formula is C30H46N6O4. The summed E-state index contributed by atoms with van der Waals surface area (Å²) in [6, 6.07) is -2.16. The number of hydrogen-bond acceptors (Lipinski definition) is 6. The fraction of sp³-hybridized carbons (Fsp3) is 0.733. The smallest absolute Gasteiger partial charge is 0.272 e. The highest BCUT2D eigenvalue weighted by Gasteiger charge is 2.51. The van der Waals surface area contributed by atoms with Gasteiger partial charge in [-0.05, 0) is 55.3 Å². The Morgan fingerprint density at radius 1 is 1.00 bits per heavy atom. The van der Waals surface area contributed by atoms with E-state index in [1.807, 2.05) is 27.7 Å². The van der Waals surface area contributed by atoms with E-state index >= 15 is 0 Å². The first-order chi connectivity index (χ1) is 19.1. The maximum absolute atomic E-state index is 14.2. The zero-order valence-corrected chi connectivity index (χ0v) is 24.4. The van der Waals surface area contributed by atoms with Crippen molar-refractivity contribution in [3.63, 3.8) is 0 Å². The molecule has 1 aromatic rings. The van der Waals surface area contributed by atoms with E-state index in [2.05, 4.69) is 25.9 Å². The van der Waals surface area contributed by atoms with Crippen LogP contribution in [0, 0.1) is 23.2 Å². The van der Waals surface area contributed by atoms with Gasteiger partial charge < -0.3 is 20.9 Å². The van der Waals surface area contributed by atoms with Crippen LogP contribution in [-0.4, -0.2) is 69.7 Å². The van der Waals surface area contributed by atoms with E-state index in [1.54, 1.807) is 4.90 Å². The standard InChI is InChI=1S/C30H46N6O4/c1-5-14-33-28(39)24-21-13-9-12-20(21)18-36(24)29(40)25(30(2,3)4)35-27(38)23(19-10-7-6-8-11-19)34-26(37)22-17-31-15-16-32-22/h15-17,19-21,23-25H,5-14,18H2,1-4H3,(H,33,39)(H,34,37)(H,35,38)/t20-,21-,23-,24-,25+/m0/s1. The van der Waals surface area contributed by atoms with Gasteiger partial charge in [-0.1, -0.05) is 53.4 Å². The first kappa shape index (κ1) is 29.9. The van der Waals surface area contributed by atoms with Crippen molar-refractivity contribution in [3.8, 4) is 0 Å². The molecule has 5 atom stereocenters. The van der Waals surface area contributed by atoms with Crippen molar-refractivity contribution in [3.05, 3.63) is 24.3 Å². The van der Waals surface area contributed by atoms with Crippen molar-refractivity contribution in [1.82, 2.24) is 30.8 Å². The Morgan fingerprint density at radius 2 is 1.75 bits per heavy atom. The van der Waals surface area contributed by atoms with E-state index in [0.29, 0.717) is 19.0 Å². The molecule has 3 fully saturated rings. The monoisotopic (exact) mass is 554 g/mol. The van der Waals surface area contributed by atoms with Gasteiger partial charge >= 0.3 is 0 Å². The summed E-state index contributed by atoms with van der Waals surface area (Å²) < 4.78 is 0. The van der Waals surface area contributed by atoms with Gasteiger partial charge in [0, 0.05) is 25.5 Å². The Kier molecular flexibility index (Phi) is 9.79. The van der Waals surface area contributed by atoms with Gasteiger partial charge in [0.2, 0.25) is 17.7 Å². The number of amides is 4.